The predicted octanol–water partition coefficient (Wildman–Crippen LogP) is 4.73. The first-order valence-electron chi connectivity index (χ1n) is 11.7. The standard InChI is InChI=1S/C28H28N2O4/c1-2-33-25-11-7-6-8-20(25)18-26-27(32)22-12-13-24(31)23(28(22)34-26)19-29-14-16-30(17-15-29)21-9-4-3-5-10-21/h3-13,18,31H,2,14-17,19H2,1H3/b26-18-. The van der Waals surface area contributed by atoms with Gasteiger partial charge in [-0.25, -0.2) is 0 Å². The summed E-state index contributed by atoms with van der Waals surface area (Å²) in [4.78, 5) is 17.7. The van der Waals surface area contributed by atoms with Crippen LogP contribution < -0.4 is 14.4 Å². The Morgan fingerprint density at radius 3 is 2.47 bits per heavy atom. The Bertz CT molecular complexity index is 1210. The Morgan fingerprint density at radius 2 is 1.71 bits per heavy atom. The lowest BCUT2D eigenvalue weighted by Crippen LogP contribution is -2.46. The van der Waals surface area contributed by atoms with Gasteiger partial charge in [0.15, 0.2) is 5.76 Å². The summed E-state index contributed by atoms with van der Waals surface area (Å²) in [5.74, 6) is 1.35. The van der Waals surface area contributed by atoms with Gasteiger partial charge in [-0.15, -0.1) is 0 Å². The number of Topliss-reactive ketones (excluding diaryl/α,β-unsaturated/α-hetero) is 1. The summed E-state index contributed by atoms with van der Waals surface area (Å²) < 4.78 is 11.7. The normalized spacial score (nSPS) is 17.0. The molecule has 0 saturated carbocycles. The molecule has 0 spiro atoms. The fourth-order valence-electron chi connectivity index (χ4n) is 4.50. The number of phenols is 1. The van der Waals surface area contributed by atoms with Crippen molar-refractivity contribution in [2.24, 2.45) is 0 Å². The summed E-state index contributed by atoms with van der Waals surface area (Å²) in [5.41, 5.74) is 3.14. The van der Waals surface area contributed by atoms with E-state index in [0.717, 1.165) is 31.7 Å². The van der Waals surface area contributed by atoms with E-state index in [-0.39, 0.29) is 17.3 Å². The van der Waals surface area contributed by atoms with E-state index in [1.54, 1.807) is 18.2 Å². The number of carbonyl (C=O) groups is 1. The second-order valence-electron chi connectivity index (χ2n) is 8.45. The molecule has 3 aromatic carbocycles. The van der Waals surface area contributed by atoms with Crippen LogP contribution in [0.5, 0.6) is 17.2 Å². The summed E-state index contributed by atoms with van der Waals surface area (Å²) in [5, 5.41) is 10.6. The van der Waals surface area contributed by atoms with E-state index in [0.29, 0.717) is 35.8 Å². The third kappa shape index (κ3) is 4.37. The van der Waals surface area contributed by atoms with Gasteiger partial charge in [-0.2, -0.15) is 0 Å². The van der Waals surface area contributed by atoms with Crippen LogP contribution in [0.1, 0.15) is 28.4 Å². The fourth-order valence-corrected chi connectivity index (χ4v) is 4.50. The van der Waals surface area contributed by atoms with Crippen molar-refractivity contribution in [1.82, 2.24) is 4.90 Å². The highest BCUT2D eigenvalue weighted by molar-refractivity contribution is 6.15. The SMILES string of the molecule is CCOc1ccccc1/C=C1\Oc2c(ccc(O)c2CN2CCN(c3ccccc3)CC2)C1=O. The first-order chi connectivity index (χ1) is 16.6. The first kappa shape index (κ1) is 22.0. The number of fused-ring (bicyclic) bond motifs is 1. The molecule has 5 rings (SSSR count). The third-order valence-corrected chi connectivity index (χ3v) is 6.30. The molecular weight excluding hydrogens is 428 g/mol. The number of ketones is 1. The highest BCUT2D eigenvalue weighted by atomic mass is 16.5. The van der Waals surface area contributed by atoms with E-state index >= 15 is 0 Å². The zero-order chi connectivity index (χ0) is 23.5. The van der Waals surface area contributed by atoms with Crippen LogP contribution in [0, 0.1) is 0 Å². The Labute approximate surface area is 199 Å². The second-order valence-corrected chi connectivity index (χ2v) is 8.45. The quantitative estimate of drug-likeness (QED) is 0.541. The molecule has 0 radical (unpaired) electrons. The minimum atomic E-state index is -0.184. The van der Waals surface area contributed by atoms with E-state index in [9.17, 15) is 9.90 Å². The predicted molar refractivity (Wildman–Crippen MR) is 133 cm³/mol. The maximum atomic E-state index is 13.1. The van der Waals surface area contributed by atoms with Gasteiger partial charge in [-0.1, -0.05) is 36.4 Å². The van der Waals surface area contributed by atoms with Gasteiger partial charge in [0, 0.05) is 44.0 Å². The molecule has 0 atom stereocenters. The molecule has 1 saturated heterocycles. The number of benzene rings is 3. The van der Waals surface area contributed by atoms with Crippen LogP contribution in [0.2, 0.25) is 0 Å². The maximum absolute atomic E-state index is 13.1. The second kappa shape index (κ2) is 9.61. The molecule has 0 aliphatic carbocycles. The van der Waals surface area contributed by atoms with Crippen LogP contribution in [0.15, 0.2) is 72.5 Å². The zero-order valence-corrected chi connectivity index (χ0v) is 19.2. The molecule has 1 fully saturated rings. The van der Waals surface area contributed by atoms with Crippen molar-refractivity contribution in [3.8, 4) is 17.2 Å². The van der Waals surface area contributed by atoms with E-state index in [1.165, 1.54) is 5.69 Å². The zero-order valence-electron chi connectivity index (χ0n) is 19.2. The largest absolute Gasteiger partial charge is 0.507 e. The Balaban J connectivity index is 1.35. The number of para-hydroxylation sites is 2. The highest BCUT2D eigenvalue weighted by Crippen LogP contribution is 2.40. The molecule has 3 aromatic rings. The van der Waals surface area contributed by atoms with Gasteiger partial charge in [0.05, 0.1) is 17.7 Å². The molecule has 1 N–H and O–H groups in total. The van der Waals surface area contributed by atoms with E-state index in [1.807, 2.05) is 37.3 Å². The van der Waals surface area contributed by atoms with Crippen LogP contribution in [0.3, 0.4) is 0 Å². The topological polar surface area (TPSA) is 62.2 Å². The van der Waals surface area contributed by atoms with Crippen molar-refractivity contribution in [2.75, 3.05) is 37.7 Å². The highest BCUT2D eigenvalue weighted by Gasteiger charge is 2.32. The van der Waals surface area contributed by atoms with Crippen LogP contribution >= 0.6 is 0 Å². The Kier molecular flexibility index (Phi) is 6.23. The lowest BCUT2D eigenvalue weighted by atomic mass is 10.0. The lowest BCUT2D eigenvalue weighted by Gasteiger charge is -2.36. The van der Waals surface area contributed by atoms with Gasteiger partial charge in [0.1, 0.15) is 17.2 Å². The van der Waals surface area contributed by atoms with Gasteiger partial charge in [-0.3, -0.25) is 9.69 Å². The third-order valence-electron chi connectivity index (χ3n) is 6.30. The van der Waals surface area contributed by atoms with Crippen molar-refractivity contribution in [2.45, 2.75) is 13.5 Å². The first-order valence-corrected chi connectivity index (χ1v) is 11.7. The number of hydrogen-bond donors (Lipinski definition) is 1. The molecule has 2 aliphatic rings. The van der Waals surface area contributed by atoms with Gasteiger partial charge >= 0.3 is 0 Å². The van der Waals surface area contributed by atoms with E-state index < -0.39 is 0 Å². The number of aromatic hydroxyl groups is 1. The van der Waals surface area contributed by atoms with Gasteiger partial charge < -0.3 is 19.5 Å². The van der Waals surface area contributed by atoms with Crippen LogP contribution in [-0.4, -0.2) is 48.6 Å². The monoisotopic (exact) mass is 456 g/mol. The van der Waals surface area contributed by atoms with Crippen molar-refractivity contribution in [3.05, 3.63) is 89.2 Å². The molecule has 2 aliphatic heterocycles. The molecular formula is C28H28N2O4. The lowest BCUT2D eigenvalue weighted by molar-refractivity contribution is 0.101. The Morgan fingerprint density at radius 1 is 0.971 bits per heavy atom. The summed E-state index contributed by atoms with van der Waals surface area (Å²) >= 11 is 0. The summed E-state index contributed by atoms with van der Waals surface area (Å²) in [6.45, 7) is 6.49. The number of piperazine rings is 1. The van der Waals surface area contributed by atoms with E-state index in [4.69, 9.17) is 9.47 Å². The average molecular weight is 457 g/mol. The van der Waals surface area contributed by atoms with Gasteiger partial charge in [-0.05, 0) is 43.3 Å². The Hall–Kier alpha value is -3.77. The molecule has 6 nitrogen and oxygen atoms in total. The van der Waals surface area contributed by atoms with Crippen molar-refractivity contribution in [3.63, 3.8) is 0 Å². The number of phenolic OH excluding ortho intramolecular Hbond substituents is 1. The van der Waals surface area contributed by atoms with Crippen LogP contribution in [0.4, 0.5) is 5.69 Å². The molecule has 0 aromatic heterocycles. The van der Waals surface area contributed by atoms with Gasteiger partial charge in [0.2, 0.25) is 5.78 Å². The minimum Gasteiger partial charge on any atom is -0.507 e. The molecule has 0 amide bonds. The molecule has 2 heterocycles. The summed E-state index contributed by atoms with van der Waals surface area (Å²) in [7, 11) is 0. The van der Waals surface area contributed by atoms with Crippen molar-refractivity contribution >= 4 is 17.5 Å². The molecule has 6 heteroatoms. The molecule has 0 unspecified atom stereocenters. The number of ether oxygens (including phenoxy) is 2. The average Bonchev–Trinajstić information content (AvgIpc) is 3.18. The number of anilines is 1. The number of nitrogens with zero attached hydrogens (tertiary/aromatic N) is 2. The number of rotatable bonds is 6. The van der Waals surface area contributed by atoms with Crippen LogP contribution in [0.25, 0.3) is 6.08 Å². The maximum Gasteiger partial charge on any atom is 0.231 e. The molecule has 0 bridgehead atoms. The van der Waals surface area contributed by atoms with E-state index in [2.05, 4.69) is 34.1 Å². The number of hydrogen-bond acceptors (Lipinski definition) is 6. The number of allylic oxidation sites excluding steroid dienone is 1. The molecule has 34 heavy (non-hydrogen) atoms. The minimum absolute atomic E-state index is 0.146. The number of carbonyl (C=O) groups excluding carboxylic acids is 1. The smallest absolute Gasteiger partial charge is 0.231 e. The fraction of sp³-hybridized carbons (Fsp3) is 0.250. The van der Waals surface area contributed by atoms with Crippen molar-refractivity contribution < 1.29 is 19.4 Å². The van der Waals surface area contributed by atoms with Crippen LogP contribution in [-0.2, 0) is 6.54 Å². The molecule has 174 valence electrons. The van der Waals surface area contributed by atoms with Gasteiger partial charge in [0.25, 0.3) is 0 Å². The van der Waals surface area contributed by atoms with Crippen molar-refractivity contribution in [1.29, 1.82) is 0 Å². The summed E-state index contributed by atoms with van der Waals surface area (Å²) in [6, 6.07) is 21.2. The summed E-state index contributed by atoms with van der Waals surface area (Å²) in [6.07, 6.45) is 1.72.